The van der Waals surface area contributed by atoms with Gasteiger partial charge >= 0.3 is 0 Å². The number of hydrogen-bond donors (Lipinski definition) is 3. The molecule has 4 N–H and O–H groups in total. The van der Waals surface area contributed by atoms with E-state index in [1.807, 2.05) is 0 Å². The number of fused-ring (bicyclic) bond motifs is 1. The fraction of sp³-hybridized carbons (Fsp3) is 0.176. The molecule has 0 saturated carbocycles. The van der Waals surface area contributed by atoms with Crippen LogP contribution in [0.25, 0.3) is 10.8 Å². The molecule has 0 aliphatic carbocycles. The zero-order chi connectivity index (χ0) is 19.6. The van der Waals surface area contributed by atoms with Crippen molar-refractivity contribution >= 4 is 39.1 Å². The van der Waals surface area contributed by atoms with Gasteiger partial charge in [-0.1, -0.05) is 12.1 Å². The maximum Gasteiger partial charge on any atom is 0.296 e. The fourth-order valence-corrected chi connectivity index (χ4v) is 3.19. The number of hydrogen-bond acceptors (Lipinski definition) is 6. The predicted octanol–water partition coefficient (Wildman–Crippen LogP) is 1.57. The number of nitrogens with zero attached hydrogens (tertiary/aromatic N) is 1. The molecular weight excluding hydrogens is 408 g/mol. The van der Waals surface area contributed by atoms with Crippen molar-refractivity contribution in [2.45, 2.75) is 6.42 Å². The summed E-state index contributed by atoms with van der Waals surface area (Å²) in [6.45, 7) is 0. The van der Waals surface area contributed by atoms with E-state index >= 15 is 0 Å². The minimum Gasteiger partial charge on any atom is -0.493 e. The molecule has 11 heteroatoms. The largest absolute Gasteiger partial charge is 0.493 e. The molecule has 0 atom stereocenters. The first-order valence-corrected chi connectivity index (χ1v) is 9.38. The van der Waals surface area contributed by atoms with Crippen molar-refractivity contribution in [2.24, 2.45) is 5.14 Å². The molecule has 1 aromatic heterocycles. The Morgan fingerprint density at radius 3 is 2.18 bits per heavy atom. The molecule has 0 spiro atoms. The quantitative estimate of drug-likeness (QED) is 0.547. The number of halogens is 1. The molecule has 28 heavy (non-hydrogen) atoms. The number of aromatic nitrogens is 2. The normalized spacial score (nSPS) is 11.0. The summed E-state index contributed by atoms with van der Waals surface area (Å²) in [7, 11) is -0.812. The topological polar surface area (TPSA) is 136 Å². The van der Waals surface area contributed by atoms with Gasteiger partial charge in [0.05, 0.1) is 25.3 Å². The number of nitrogens with one attached hydrogen (secondary N) is 2. The molecule has 0 aliphatic rings. The van der Waals surface area contributed by atoms with Crippen molar-refractivity contribution < 1.29 is 17.9 Å². The van der Waals surface area contributed by atoms with Crippen LogP contribution in [-0.4, -0.2) is 32.8 Å². The van der Waals surface area contributed by atoms with Gasteiger partial charge in [0.15, 0.2) is 11.5 Å². The highest BCUT2D eigenvalue weighted by atomic mass is 35.5. The van der Waals surface area contributed by atoms with Gasteiger partial charge in [-0.2, -0.15) is 13.5 Å². The van der Waals surface area contributed by atoms with Gasteiger partial charge in [-0.05, 0) is 29.8 Å². The number of ether oxygens (including phenoxy) is 2. The number of aromatic amines is 1. The molecule has 0 radical (unpaired) electrons. The molecule has 0 fully saturated rings. The van der Waals surface area contributed by atoms with Crippen LogP contribution in [-0.2, 0) is 16.6 Å². The Hall–Kier alpha value is -2.82. The Morgan fingerprint density at radius 2 is 1.64 bits per heavy atom. The van der Waals surface area contributed by atoms with Crippen LogP contribution < -0.4 is 24.9 Å². The Bertz CT molecular complexity index is 1150. The van der Waals surface area contributed by atoms with Crippen molar-refractivity contribution in [3.8, 4) is 11.5 Å². The van der Waals surface area contributed by atoms with Crippen LogP contribution in [0.3, 0.4) is 0 Å². The molecule has 1 heterocycles. The van der Waals surface area contributed by atoms with Gasteiger partial charge in [0.25, 0.3) is 15.8 Å². The molecule has 0 amide bonds. The Morgan fingerprint density at radius 1 is 1.07 bits per heavy atom. The van der Waals surface area contributed by atoms with Gasteiger partial charge in [0.2, 0.25) is 0 Å². The highest BCUT2D eigenvalue weighted by Crippen LogP contribution is 2.32. The first kappa shape index (κ1) is 21.5. The van der Waals surface area contributed by atoms with Crippen molar-refractivity contribution in [3.05, 3.63) is 58.0 Å². The highest BCUT2D eigenvalue weighted by molar-refractivity contribution is 7.90. The van der Waals surface area contributed by atoms with Crippen LogP contribution in [0, 0.1) is 0 Å². The Balaban J connectivity index is 0.00000280. The van der Waals surface area contributed by atoms with Crippen LogP contribution in [0.15, 0.2) is 41.2 Å². The second-order valence-electron chi connectivity index (χ2n) is 5.77. The number of nitrogens with two attached hydrogens (primary N) is 1. The third-order valence-electron chi connectivity index (χ3n) is 3.96. The van der Waals surface area contributed by atoms with Crippen molar-refractivity contribution in [3.63, 3.8) is 0 Å². The first-order valence-electron chi connectivity index (χ1n) is 7.83. The number of benzene rings is 2. The van der Waals surface area contributed by atoms with E-state index in [-0.39, 0.29) is 18.0 Å². The molecule has 3 rings (SSSR count). The van der Waals surface area contributed by atoms with Crippen LogP contribution in [0.2, 0.25) is 0 Å². The van der Waals surface area contributed by atoms with Gasteiger partial charge in [0.1, 0.15) is 0 Å². The number of H-pyrrole nitrogens is 1. The molecule has 0 aliphatic heterocycles. The van der Waals surface area contributed by atoms with E-state index in [1.54, 1.807) is 36.4 Å². The monoisotopic (exact) mass is 426 g/mol. The van der Waals surface area contributed by atoms with Crippen LogP contribution >= 0.6 is 12.4 Å². The lowest BCUT2D eigenvalue weighted by Gasteiger charge is -2.11. The summed E-state index contributed by atoms with van der Waals surface area (Å²) < 4.78 is 34.9. The van der Waals surface area contributed by atoms with Crippen molar-refractivity contribution in [2.75, 3.05) is 18.9 Å². The van der Waals surface area contributed by atoms with Crippen LogP contribution in [0.4, 0.5) is 5.69 Å². The maximum atomic E-state index is 12.1. The average Bonchev–Trinajstić information content (AvgIpc) is 2.63. The van der Waals surface area contributed by atoms with Gasteiger partial charge in [0, 0.05) is 17.5 Å². The summed E-state index contributed by atoms with van der Waals surface area (Å²) in [6, 6.07) is 9.99. The van der Waals surface area contributed by atoms with E-state index in [0.29, 0.717) is 40.1 Å². The predicted molar refractivity (Wildman–Crippen MR) is 109 cm³/mol. The summed E-state index contributed by atoms with van der Waals surface area (Å²) in [5.74, 6) is 0.942. The Kier molecular flexibility index (Phi) is 6.49. The summed E-state index contributed by atoms with van der Waals surface area (Å²) in [6.07, 6.45) is 0.415. The Labute approximate surface area is 167 Å². The second-order valence-corrected chi connectivity index (χ2v) is 7.07. The van der Waals surface area contributed by atoms with E-state index in [0.717, 1.165) is 5.56 Å². The molecule has 0 saturated heterocycles. The van der Waals surface area contributed by atoms with E-state index in [9.17, 15) is 13.2 Å². The maximum absolute atomic E-state index is 12.1. The standard InChI is InChI=1S/C17H18N4O5S.ClH/c1-25-15-8-12-13(9-16(15)26-2)17(22)20-19-14(12)7-10-3-5-11(6-4-10)21-27(18,23)24;/h3-6,8-9,21H,7H2,1-2H3,(H,20,22)(H2,18,23,24);1H. The van der Waals surface area contributed by atoms with E-state index < -0.39 is 10.2 Å². The third-order valence-corrected chi connectivity index (χ3v) is 4.48. The van der Waals surface area contributed by atoms with Crippen molar-refractivity contribution in [1.82, 2.24) is 10.2 Å². The summed E-state index contributed by atoms with van der Waals surface area (Å²) in [5, 5.41) is 12.7. The average molecular weight is 427 g/mol. The molecule has 2 aromatic carbocycles. The SMILES string of the molecule is COc1cc2c(Cc3ccc(NS(N)(=O)=O)cc3)n[nH]c(=O)c2cc1OC.Cl. The molecule has 150 valence electrons. The van der Waals surface area contributed by atoms with Gasteiger partial charge in [-0.15, -0.1) is 12.4 Å². The lowest BCUT2D eigenvalue weighted by atomic mass is 10.0. The molecule has 3 aromatic rings. The number of anilines is 1. The molecule has 0 bridgehead atoms. The summed E-state index contributed by atoms with van der Waals surface area (Å²) in [4.78, 5) is 12.1. The number of methoxy groups -OCH3 is 2. The summed E-state index contributed by atoms with van der Waals surface area (Å²) >= 11 is 0. The van der Waals surface area contributed by atoms with Crippen molar-refractivity contribution in [1.29, 1.82) is 0 Å². The molecule has 9 nitrogen and oxygen atoms in total. The van der Waals surface area contributed by atoms with Gasteiger partial charge in [-0.25, -0.2) is 10.2 Å². The van der Waals surface area contributed by atoms with E-state index in [4.69, 9.17) is 14.6 Å². The first-order chi connectivity index (χ1) is 12.8. The van der Waals surface area contributed by atoms with Gasteiger partial charge in [-0.3, -0.25) is 9.52 Å². The minimum atomic E-state index is -3.82. The zero-order valence-corrected chi connectivity index (χ0v) is 16.7. The van der Waals surface area contributed by atoms with E-state index in [2.05, 4.69) is 14.9 Å². The van der Waals surface area contributed by atoms with E-state index in [1.165, 1.54) is 14.2 Å². The van der Waals surface area contributed by atoms with Gasteiger partial charge < -0.3 is 9.47 Å². The van der Waals surface area contributed by atoms with Crippen LogP contribution in [0.1, 0.15) is 11.3 Å². The third kappa shape index (κ3) is 4.71. The fourth-order valence-electron chi connectivity index (χ4n) is 2.73. The lowest BCUT2D eigenvalue weighted by Crippen LogP contribution is -2.21. The summed E-state index contributed by atoms with van der Waals surface area (Å²) in [5.41, 5.74) is 1.53. The lowest BCUT2D eigenvalue weighted by molar-refractivity contribution is 0.356. The second kappa shape index (κ2) is 8.46. The smallest absolute Gasteiger partial charge is 0.296 e. The molecular formula is C17H19ClN4O5S. The minimum absolute atomic E-state index is 0. The highest BCUT2D eigenvalue weighted by Gasteiger charge is 2.13. The van der Waals surface area contributed by atoms with Crippen LogP contribution in [0.5, 0.6) is 11.5 Å². The molecule has 0 unspecified atom stereocenters. The number of rotatable bonds is 6. The zero-order valence-electron chi connectivity index (χ0n) is 15.1.